The number of hydrogen-bond donors (Lipinski definition) is 2. The maximum Gasteiger partial charge on any atom is 0.261 e. The number of aryl methyl sites for hydroxylation is 1. The average molecular weight is 389 g/mol. The molecule has 3 heterocycles. The molecule has 3 aromatic rings. The highest BCUT2D eigenvalue weighted by Crippen LogP contribution is 2.31. The molecule has 1 amide bonds. The van der Waals surface area contributed by atoms with Crippen LogP contribution >= 0.6 is 22.9 Å². The number of carbonyl (C=O) groups excluding carboxylic acids is 1. The minimum atomic E-state index is -0.00572. The summed E-state index contributed by atoms with van der Waals surface area (Å²) in [6.07, 6.45) is 2.35. The van der Waals surface area contributed by atoms with E-state index < -0.39 is 0 Å². The van der Waals surface area contributed by atoms with Crippen molar-refractivity contribution in [2.75, 3.05) is 19.6 Å². The van der Waals surface area contributed by atoms with Crippen LogP contribution in [0.2, 0.25) is 5.02 Å². The van der Waals surface area contributed by atoms with Crippen molar-refractivity contribution in [1.29, 1.82) is 0 Å². The lowest BCUT2D eigenvalue weighted by atomic mass is 10.00. The molecular weight excluding hydrogens is 368 g/mol. The summed E-state index contributed by atoms with van der Waals surface area (Å²) in [7, 11) is 0. The Bertz CT molecular complexity index is 942. The fourth-order valence-corrected chi connectivity index (χ4v) is 4.65. The number of carbonyl (C=O) groups is 1. The first-order chi connectivity index (χ1) is 12.6. The molecule has 1 atom stereocenters. The molecule has 5 nitrogen and oxygen atoms in total. The van der Waals surface area contributed by atoms with Crippen LogP contribution in [0, 0.1) is 12.8 Å². The van der Waals surface area contributed by atoms with Gasteiger partial charge in [-0.1, -0.05) is 17.7 Å². The molecule has 0 aliphatic carbocycles. The molecule has 0 radical (unpaired) electrons. The maximum atomic E-state index is 12.6. The van der Waals surface area contributed by atoms with Gasteiger partial charge in [-0.15, -0.1) is 11.3 Å². The van der Waals surface area contributed by atoms with E-state index in [1.165, 1.54) is 24.2 Å². The summed E-state index contributed by atoms with van der Waals surface area (Å²) in [5.41, 5.74) is 1.81. The lowest BCUT2D eigenvalue weighted by Gasteiger charge is -2.22. The van der Waals surface area contributed by atoms with Gasteiger partial charge in [-0.2, -0.15) is 5.10 Å². The van der Waals surface area contributed by atoms with Crippen molar-refractivity contribution in [2.24, 2.45) is 5.92 Å². The third kappa shape index (κ3) is 3.49. The van der Waals surface area contributed by atoms with E-state index >= 15 is 0 Å². The smallest absolute Gasteiger partial charge is 0.261 e. The zero-order valence-electron chi connectivity index (χ0n) is 14.6. The van der Waals surface area contributed by atoms with Crippen LogP contribution in [0.3, 0.4) is 0 Å². The van der Waals surface area contributed by atoms with Crippen LogP contribution in [0.25, 0.3) is 15.9 Å². The van der Waals surface area contributed by atoms with E-state index in [0.29, 0.717) is 10.9 Å². The highest BCUT2D eigenvalue weighted by atomic mass is 35.5. The van der Waals surface area contributed by atoms with E-state index in [4.69, 9.17) is 11.6 Å². The van der Waals surface area contributed by atoms with Gasteiger partial charge in [0.1, 0.15) is 4.83 Å². The molecule has 2 N–H and O–H groups in total. The van der Waals surface area contributed by atoms with Gasteiger partial charge in [0.15, 0.2) is 0 Å². The van der Waals surface area contributed by atoms with Gasteiger partial charge in [0.2, 0.25) is 0 Å². The maximum absolute atomic E-state index is 12.6. The number of benzene rings is 1. The quantitative estimate of drug-likeness (QED) is 0.715. The molecule has 1 fully saturated rings. The van der Waals surface area contributed by atoms with Crippen molar-refractivity contribution in [3.8, 4) is 5.69 Å². The van der Waals surface area contributed by atoms with Crippen molar-refractivity contribution < 1.29 is 4.79 Å². The van der Waals surface area contributed by atoms with Crippen LogP contribution in [-0.2, 0) is 0 Å². The molecule has 1 unspecified atom stereocenters. The SMILES string of the molecule is Cc1nn(-c2cccc(Cl)c2)c2sc(C(=O)NCC3CCCNC3)cc12. The number of piperidine rings is 1. The minimum Gasteiger partial charge on any atom is -0.351 e. The summed E-state index contributed by atoms with van der Waals surface area (Å²) in [6, 6.07) is 9.53. The van der Waals surface area contributed by atoms with Gasteiger partial charge in [0.25, 0.3) is 5.91 Å². The first kappa shape index (κ1) is 17.5. The number of amides is 1. The Morgan fingerprint density at radius 2 is 2.35 bits per heavy atom. The molecule has 4 rings (SSSR count). The van der Waals surface area contributed by atoms with Crippen molar-refractivity contribution in [2.45, 2.75) is 19.8 Å². The number of hydrogen-bond acceptors (Lipinski definition) is 4. The van der Waals surface area contributed by atoms with Gasteiger partial charge in [0.05, 0.1) is 16.3 Å². The summed E-state index contributed by atoms with van der Waals surface area (Å²) < 4.78 is 1.86. The van der Waals surface area contributed by atoms with Crippen molar-refractivity contribution in [3.63, 3.8) is 0 Å². The van der Waals surface area contributed by atoms with Gasteiger partial charge < -0.3 is 10.6 Å². The molecule has 1 aliphatic rings. The second-order valence-electron chi connectivity index (χ2n) is 6.73. The lowest BCUT2D eigenvalue weighted by Crippen LogP contribution is -2.37. The molecule has 1 aliphatic heterocycles. The Balaban J connectivity index is 1.57. The van der Waals surface area contributed by atoms with Gasteiger partial charge in [-0.25, -0.2) is 4.68 Å². The Morgan fingerprint density at radius 3 is 3.12 bits per heavy atom. The number of fused-ring (bicyclic) bond motifs is 1. The molecule has 26 heavy (non-hydrogen) atoms. The summed E-state index contributed by atoms with van der Waals surface area (Å²) in [6.45, 7) is 4.75. The number of thiophene rings is 1. The second-order valence-corrected chi connectivity index (χ2v) is 8.20. The number of rotatable bonds is 4. The van der Waals surface area contributed by atoms with E-state index in [1.54, 1.807) is 0 Å². The Morgan fingerprint density at radius 1 is 1.46 bits per heavy atom. The van der Waals surface area contributed by atoms with Crippen LogP contribution in [0.4, 0.5) is 0 Å². The molecule has 136 valence electrons. The van der Waals surface area contributed by atoms with Crippen LogP contribution in [0.5, 0.6) is 0 Å². The zero-order chi connectivity index (χ0) is 18.1. The fourth-order valence-electron chi connectivity index (χ4n) is 3.36. The largest absolute Gasteiger partial charge is 0.351 e. The Kier molecular flexibility index (Phi) is 4.98. The summed E-state index contributed by atoms with van der Waals surface area (Å²) >= 11 is 7.59. The molecule has 0 spiro atoms. The van der Waals surface area contributed by atoms with Gasteiger partial charge in [0, 0.05) is 17.0 Å². The van der Waals surface area contributed by atoms with Gasteiger partial charge in [-0.3, -0.25) is 4.79 Å². The van der Waals surface area contributed by atoms with Gasteiger partial charge >= 0.3 is 0 Å². The highest BCUT2D eigenvalue weighted by molar-refractivity contribution is 7.20. The number of nitrogens with one attached hydrogen (secondary N) is 2. The Labute approximate surface area is 161 Å². The van der Waals surface area contributed by atoms with Crippen LogP contribution in [0.1, 0.15) is 28.2 Å². The summed E-state index contributed by atoms with van der Waals surface area (Å²) in [4.78, 5) is 14.3. The highest BCUT2D eigenvalue weighted by Gasteiger charge is 2.19. The zero-order valence-corrected chi connectivity index (χ0v) is 16.2. The molecule has 7 heteroatoms. The average Bonchev–Trinajstić information content (AvgIpc) is 3.21. The minimum absolute atomic E-state index is 0.00572. The van der Waals surface area contributed by atoms with Crippen LogP contribution in [-0.4, -0.2) is 35.3 Å². The molecule has 0 bridgehead atoms. The van der Waals surface area contributed by atoms with Crippen molar-refractivity contribution in [1.82, 2.24) is 20.4 Å². The van der Waals surface area contributed by atoms with E-state index in [0.717, 1.165) is 46.1 Å². The van der Waals surface area contributed by atoms with E-state index in [2.05, 4.69) is 15.7 Å². The van der Waals surface area contributed by atoms with Crippen LogP contribution < -0.4 is 10.6 Å². The molecular formula is C19H21ClN4OS. The first-order valence-electron chi connectivity index (χ1n) is 8.86. The number of aromatic nitrogens is 2. The van der Waals surface area contributed by atoms with E-state index in [9.17, 15) is 4.79 Å². The molecule has 1 saturated heterocycles. The van der Waals surface area contributed by atoms with E-state index in [-0.39, 0.29) is 5.91 Å². The third-order valence-corrected chi connectivity index (χ3v) is 6.12. The third-order valence-electron chi connectivity index (χ3n) is 4.77. The molecule has 2 aromatic heterocycles. The van der Waals surface area contributed by atoms with Crippen molar-refractivity contribution >= 4 is 39.1 Å². The standard InChI is InChI=1S/C19H21ClN4OS/c1-12-16-9-17(18(25)22-11-13-4-3-7-21-10-13)26-19(16)24(23-12)15-6-2-5-14(20)8-15/h2,5-6,8-9,13,21H,3-4,7,10-11H2,1H3,(H,22,25). The summed E-state index contributed by atoms with van der Waals surface area (Å²) in [5.74, 6) is 0.514. The second kappa shape index (κ2) is 7.39. The summed E-state index contributed by atoms with van der Waals surface area (Å²) in [5, 5.41) is 12.8. The van der Waals surface area contributed by atoms with Crippen molar-refractivity contribution in [3.05, 3.63) is 45.9 Å². The Hall–Kier alpha value is -1.89. The van der Waals surface area contributed by atoms with E-state index in [1.807, 2.05) is 41.9 Å². The predicted octanol–water partition coefficient (Wildman–Crippen LogP) is 3.78. The first-order valence-corrected chi connectivity index (χ1v) is 10.1. The van der Waals surface area contributed by atoms with Crippen LogP contribution in [0.15, 0.2) is 30.3 Å². The molecule has 0 saturated carbocycles. The topological polar surface area (TPSA) is 59.0 Å². The number of halogens is 1. The predicted molar refractivity (Wildman–Crippen MR) is 107 cm³/mol. The lowest BCUT2D eigenvalue weighted by molar-refractivity contribution is 0.0949. The molecule has 1 aromatic carbocycles. The normalized spacial score (nSPS) is 17.5. The fraction of sp³-hybridized carbons (Fsp3) is 0.368. The van der Waals surface area contributed by atoms with Gasteiger partial charge in [-0.05, 0) is 63.0 Å². The number of nitrogens with zero attached hydrogens (tertiary/aromatic N) is 2. The monoisotopic (exact) mass is 388 g/mol.